The number of hydrogen-bond acceptors (Lipinski definition) is 7. The van der Waals surface area contributed by atoms with Gasteiger partial charge < -0.3 is 5.73 Å². The van der Waals surface area contributed by atoms with Gasteiger partial charge in [0.25, 0.3) is 5.78 Å². The molecule has 0 bridgehead atoms. The van der Waals surface area contributed by atoms with Crippen molar-refractivity contribution in [1.82, 2.24) is 39.2 Å². The van der Waals surface area contributed by atoms with E-state index in [0.29, 0.717) is 23.1 Å². The fourth-order valence-electron chi connectivity index (χ4n) is 5.44. The summed E-state index contributed by atoms with van der Waals surface area (Å²) < 4.78 is 3.53. The molecule has 0 unspecified atom stereocenters. The van der Waals surface area contributed by atoms with Gasteiger partial charge in [-0.3, -0.25) is 4.40 Å². The third-order valence-corrected chi connectivity index (χ3v) is 7.75. The standard InChI is InChI=1S/C30H23N9/c31-30(13-4-14-30)21-10-8-20(9-11-21)25-22(19-6-2-1-3-7-19)18-23-24(33-25)12-17-38-27(23)35-36-28(38)26-34-29-32-15-5-16-39(29)37-26/h1-3,5-12,15-18H,4,13-14,31H2. The van der Waals surface area contributed by atoms with Crippen LogP contribution in [0.1, 0.15) is 24.8 Å². The molecule has 9 heteroatoms. The zero-order chi connectivity index (χ0) is 26.0. The number of benzene rings is 2. The minimum Gasteiger partial charge on any atom is -0.321 e. The highest BCUT2D eigenvalue weighted by molar-refractivity contribution is 5.98. The molecule has 0 amide bonds. The van der Waals surface area contributed by atoms with E-state index in [2.05, 4.69) is 67.7 Å². The SMILES string of the molecule is NC1(c2ccc(-c3nc4ccn5c(-c6nc7ncccn7n6)nnc5c4cc3-c3ccccc3)cc2)CCC1. The highest BCUT2D eigenvalue weighted by Crippen LogP contribution is 2.40. The molecule has 0 aliphatic heterocycles. The Kier molecular flexibility index (Phi) is 4.65. The summed E-state index contributed by atoms with van der Waals surface area (Å²) in [5.41, 5.74) is 13.2. The first-order chi connectivity index (χ1) is 19.2. The van der Waals surface area contributed by atoms with Crippen molar-refractivity contribution in [2.75, 3.05) is 0 Å². The first-order valence-corrected chi connectivity index (χ1v) is 13.0. The van der Waals surface area contributed by atoms with Crippen molar-refractivity contribution in [3.8, 4) is 34.0 Å². The van der Waals surface area contributed by atoms with Crippen LogP contribution in [-0.2, 0) is 5.54 Å². The normalized spacial score (nSPS) is 14.7. The molecule has 2 aromatic carbocycles. The van der Waals surface area contributed by atoms with Gasteiger partial charge in [-0.2, -0.15) is 4.98 Å². The second-order valence-electron chi connectivity index (χ2n) is 10.1. The van der Waals surface area contributed by atoms with E-state index in [4.69, 9.17) is 10.7 Å². The molecule has 0 saturated heterocycles. The summed E-state index contributed by atoms with van der Waals surface area (Å²) in [4.78, 5) is 14.0. The van der Waals surface area contributed by atoms with Crippen LogP contribution in [0.4, 0.5) is 0 Å². The number of nitrogens with zero attached hydrogens (tertiary/aromatic N) is 8. The average Bonchev–Trinajstić information content (AvgIpc) is 3.60. The van der Waals surface area contributed by atoms with Gasteiger partial charge in [-0.25, -0.2) is 14.5 Å². The number of aromatic nitrogens is 8. The quantitative estimate of drug-likeness (QED) is 0.353. The lowest BCUT2D eigenvalue weighted by molar-refractivity contribution is 0.253. The Balaban J connectivity index is 1.31. The van der Waals surface area contributed by atoms with Crippen molar-refractivity contribution in [2.45, 2.75) is 24.8 Å². The molecule has 9 nitrogen and oxygen atoms in total. The zero-order valence-corrected chi connectivity index (χ0v) is 20.9. The summed E-state index contributed by atoms with van der Waals surface area (Å²) in [5.74, 6) is 1.51. The molecular weight excluding hydrogens is 486 g/mol. The Morgan fingerprint density at radius 2 is 1.67 bits per heavy atom. The van der Waals surface area contributed by atoms with Gasteiger partial charge in [0.15, 0.2) is 5.65 Å². The van der Waals surface area contributed by atoms with Crippen LogP contribution in [0.3, 0.4) is 0 Å². The molecular formula is C30H23N9. The number of fused-ring (bicyclic) bond motifs is 4. The van der Waals surface area contributed by atoms with Crippen molar-refractivity contribution in [1.29, 1.82) is 0 Å². The van der Waals surface area contributed by atoms with Crippen LogP contribution in [0, 0.1) is 0 Å². The minimum absolute atomic E-state index is 0.194. The van der Waals surface area contributed by atoms with Gasteiger partial charge >= 0.3 is 0 Å². The molecule has 0 radical (unpaired) electrons. The van der Waals surface area contributed by atoms with Gasteiger partial charge in [0.05, 0.1) is 11.2 Å². The molecule has 0 atom stereocenters. The molecule has 188 valence electrons. The largest absolute Gasteiger partial charge is 0.321 e. The first-order valence-electron chi connectivity index (χ1n) is 13.0. The highest BCUT2D eigenvalue weighted by Gasteiger charge is 2.34. The van der Waals surface area contributed by atoms with E-state index >= 15 is 0 Å². The van der Waals surface area contributed by atoms with Gasteiger partial charge in [0, 0.05) is 40.6 Å². The maximum Gasteiger partial charge on any atom is 0.252 e. The molecule has 2 N–H and O–H groups in total. The smallest absolute Gasteiger partial charge is 0.252 e. The minimum atomic E-state index is -0.194. The fraction of sp³-hybridized carbons (Fsp3) is 0.133. The summed E-state index contributed by atoms with van der Waals surface area (Å²) >= 11 is 0. The maximum absolute atomic E-state index is 6.58. The topological polar surface area (TPSA) is 112 Å². The summed E-state index contributed by atoms with van der Waals surface area (Å²) in [6.45, 7) is 0. The molecule has 1 saturated carbocycles. The van der Waals surface area contributed by atoms with Crippen LogP contribution in [0.5, 0.6) is 0 Å². The average molecular weight is 510 g/mol. The predicted molar refractivity (Wildman–Crippen MR) is 149 cm³/mol. The molecule has 5 heterocycles. The summed E-state index contributed by atoms with van der Waals surface area (Å²) in [6.07, 6.45) is 8.67. The van der Waals surface area contributed by atoms with Crippen LogP contribution in [0.2, 0.25) is 0 Å². The van der Waals surface area contributed by atoms with Gasteiger partial charge in [-0.15, -0.1) is 15.3 Å². The number of pyridine rings is 2. The third kappa shape index (κ3) is 3.44. The highest BCUT2D eigenvalue weighted by atomic mass is 15.4. The predicted octanol–water partition coefficient (Wildman–Crippen LogP) is 5.05. The third-order valence-electron chi connectivity index (χ3n) is 7.75. The van der Waals surface area contributed by atoms with Crippen LogP contribution >= 0.6 is 0 Å². The van der Waals surface area contributed by atoms with Crippen LogP contribution in [0.15, 0.2) is 91.4 Å². The molecule has 1 aliphatic carbocycles. The molecule has 1 aliphatic rings. The maximum atomic E-state index is 6.58. The van der Waals surface area contributed by atoms with E-state index in [-0.39, 0.29) is 5.54 Å². The molecule has 0 spiro atoms. The van der Waals surface area contributed by atoms with E-state index in [1.165, 1.54) is 12.0 Å². The first kappa shape index (κ1) is 22.0. The van der Waals surface area contributed by atoms with Crippen molar-refractivity contribution in [2.24, 2.45) is 5.73 Å². The Labute approximate surface area is 223 Å². The van der Waals surface area contributed by atoms with Crippen LogP contribution in [0.25, 0.3) is 56.4 Å². The van der Waals surface area contributed by atoms with Gasteiger partial charge in [-0.1, -0.05) is 54.6 Å². The zero-order valence-electron chi connectivity index (χ0n) is 20.9. The lowest BCUT2D eigenvalue weighted by Crippen LogP contribution is -2.43. The molecule has 8 rings (SSSR count). The van der Waals surface area contributed by atoms with Gasteiger partial charge in [0.2, 0.25) is 11.6 Å². The van der Waals surface area contributed by atoms with Crippen molar-refractivity contribution in [3.63, 3.8) is 0 Å². The summed E-state index contributed by atoms with van der Waals surface area (Å²) in [7, 11) is 0. The summed E-state index contributed by atoms with van der Waals surface area (Å²) in [6, 6.07) is 24.8. The molecule has 1 fully saturated rings. The second kappa shape index (κ2) is 8.24. The number of hydrogen-bond donors (Lipinski definition) is 1. The number of rotatable bonds is 4. The Morgan fingerprint density at radius 1 is 0.821 bits per heavy atom. The van der Waals surface area contributed by atoms with E-state index in [9.17, 15) is 0 Å². The van der Waals surface area contributed by atoms with Crippen molar-refractivity contribution >= 4 is 22.3 Å². The molecule has 39 heavy (non-hydrogen) atoms. The van der Waals surface area contributed by atoms with Crippen molar-refractivity contribution in [3.05, 3.63) is 97.0 Å². The van der Waals surface area contributed by atoms with Gasteiger partial charge in [0.1, 0.15) is 0 Å². The van der Waals surface area contributed by atoms with Gasteiger partial charge in [-0.05, 0) is 48.6 Å². The fourth-order valence-corrected chi connectivity index (χ4v) is 5.44. The number of nitrogens with two attached hydrogens (primary N) is 1. The Morgan fingerprint density at radius 3 is 2.44 bits per heavy atom. The van der Waals surface area contributed by atoms with E-state index in [1.54, 1.807) is 16.9 Å². The second-order valence-corrected chi connectivity index (χ2v) is 10.1. The van der Waals surface area contributed by atoms with E-state index in [0.717, 1.165) is 46.1 Å². The van der Waals surface area contributed by atoms with E-state index < -0.39 is 0 Å². The van der Waals surface area contributed by atoms with Crippen LogP contribution in [-0.4, -0.2) is 39.2 Å². The molecule has 7 aromatic rings. The van der Waals surface area contributed by atoms with E-state index in [1.807, 2.05) is 40.9 Å². The summed E-state index contributed by atoms with van der Waals surface area (Å²) in [5, 5.41) is 14.4. The Hall–Kier alpha value is -5.02. The molecule has 5 aromatic heterocycles. The Bertz CT molecular complexity index is 1970. The lowest BCUT2D eigenvalue weighted by atomic mass is 9.72. The monoisotopic (exact) mass is 509 g/mol. The lowest BCUT2D eigenvalue weighted by Gasteiger charge is -2.38. The van der Waals surface area contributed by atoms with Crippen molar-refractivity contribution < 1.29 is 0 Å². The van der Waals surface area contributed by atoms with Crippen LogP contribution < -0.4 is 5.73 Å².